The van der Waals surface area contributed by atoms with Gasteiger partial charge in [0.15, 0.2) is 0 Å². The Morgan fingerprint density at radius 2 is 1.46 bits per heavy atom. The van der Waals surface area contributed by atoms with Gasteiger partial charge in [0.05, 0.1) is 25.2 Å². The summed E-state index contributed by atoms with van der Waals surface area (Å²) in [5, 5.41) is 46.7. The van der Waals surface area contributed by atoms with Gasteiger partial charge in [0.25, 0.3) is 0 Å². The fraction of sp³-hybridized carbons (Fsp3) is 0.682. The monoisotopic (exact) mass is 624 g/mol. The summed E-state index contributed by atoms with van der Waals surface area (Å²) in [5.41, 5.74) is 5.46. The molecular weight excluding hydrogens is 588 g/mol. The molecular formula is C22H36N6O11S2. The topological polar surface area (TPSA) is 278 Å². The minimum atomic E-state index is -1.66. The van der Waals surface area contributed by atoms with Crippen LogP contribution in [0.4, 0.5) is 0 Å². The van der Waals surface area contributed by atoms with E-state index in [0.717, 1.165) is 4.90 Å². The summed E-state index contributed by atoms with van der Waals surface area (Å²) < 4.78 is 0. The van der Waals surface area contributed by atoms with E-state index in [1.807, 2.05) is 0 Å². The number of hydrogen-bond acceptors (Lipinski definition) is 12. The number of hydrogen-bond donors (Lipinski definition) is 11. The second kappa shape index (κ2) is 17.0. The first-order chi connectivity index (χ1) is 19.2. The van der Waals surface area contributed by atoms with Gasteiger partial charge in [-0.05, 0) is 19.8 Å². The molecule has 0 aromatic rings. The molecule has 1 saturated heterocycles. The quantitative estimate of drug-likeness (QED) is 0.0721. The van der Waals surface area contributed by atoms with Gasteiger partial charge >= 0.3 is 11.9 Å². The molecule has 5 amide bonds. The summed E-state index contributed by atoms with van der Waals surface area (Å²) in [7, 11) is 0. The molecule has 7 atom stereocenters. The Morgan fingerprint density at radius 3 is 1.95 bits per heavy atom. The van der Waals surface area contributed by atoms with E-state index in [0.29, 0.717) is 6.42 Å². The van der Waals surface area contributed by atoms with E-state index in [1.165, 1.54) is 6.92 Å². The molecule has 1 aliphatic rings. The number of likely N-dealkylation sites (tertiary alicyclic amines) is 1. The summed E-state index contributed by atoms with van der Waals surface area (Å²) in [6, 6.07) is -8.50. The molecule has 1 heterocycles. The van der Waals surface area contributed by atoms with Crippen LogP contribution in [0.2, 0.25) is 0 Å². The van der Waals surface area contributed by atoms with Gasteiger partial charge in [-0.2, -0.15) is 25.3 Å². The number of carbonyl (C=O) groups is 7. The number of aliphatic hydroxyl groups excluding tert-OH is 2. The van der Waals surface area contributed by atoms with E-state index in [2.05, 4.69) is 46.5 Å². The number of nitrogens with two attached hydrogens (primary N) is 1. The number of carbonyl (C=O) groups excluding carboxylic acids is 5. The zero-order valence-electron chi connectivity index (χ0n) is 22.1. The smallest absolute Gasteiger partial charge is 0.327 e. The van der Waals surface area contributed by atoms with E-state index < -0.39 is 96.9 Å². The van der Waals surface area contributed by atoms with Crippen molar-refractivity contribution in [3.63, 3.8) is 0 Å². The van der Waals surface area contributed by atoms with Crippen LogP contribution in [-0.4, -0.2) is 134 Å². The molecule has 0 radical (unpaired) electrons. The molecule has 1 aliphatic heterocycles. The molecule has 17 nitrogen and oxygen atoms in total. The maximum absolute atomic E-state index is 13.3. The van der Waals surface area contributed by atoms with Crippen LogP contribution in [0.3, 0.4) is 0 Å². The highest BCUT2D eigenvalue weighted by molar-refractivity contribution is 7.80. The third-order valence-corrected chi connectivity index (χ3v) is 6.77. The number of carboxylic acids is 2. The number of carboxylic acid groups (broad SMARTS) is 2. The zero-order chi connectivity index (χ0) is 31.4. The van der Waals surface area contributed by atoms with Gasteiger partial charge < -0.3 is 52.3 Å². The Morgan fingerprint density at radius 1 is 0.902 bits per heavy atom. The first-order valence-corrected chi connectivity index (χ1v) is 13.7. The first kappa shape index (κ1) is 35.9. The normalized spacial score (nSPS) is 19.1. The Labute approximate surface area is 245 Å². The molecule has 19 heteroatoms. The van der Waals surface area contributed by atoms with E-state index in [-0.39, 0.29) is 24.5 Å². The van der Waals surface area contributed by atoms with E-state index in [4.69, 9.17) is 15.9 Å². The minimum absolute atomic E-state index is 0.0716. The van der Waals surface area contributed by atoms with Crippen LogP contribution in [0.5, 0.6) is 0 Å². The van der Waals surface area contributed by atoms with Gasteiger partial charge in [0, 0.05) is 18.1 Å². The average Bonchev–Trinajstić information content (AvgIpc) is 3.40. The van der Waals surface area contributed by atoms with Crippen LogP contribution in [0, 0.1) is 0 Å². The average molecular weight is 625 g/mol. The van der Waals surface area contributed by atoms with Crippen molar-refractivity contribution in [2.24, 2.45) is 5.73 Å². The molecule has 232 valence electrons. The number of rotatable bonds is 16. The van der Waals surface area contributed by atoms with Crippen molar-refractivity contribution >= 4 is 66.7 Å². The predicted molar refractivity (Wildman–Crippen MR) is 147 cm³/mol. The predicted octanol–water partition coefficient (Wildman–Crippen LogP) is -4.96. The maximum atomic E-state index is 13.3. The second-order valence-electron chi connectivity index (χ2n) is 9.19. The van der Waals surface area contributed by atoms with Gasteiger partial charge in [0.2, 0.25) is 29.5 Å². The third-order valence-electron chi connectivity index (χ3n) is 6.04. The number of thiol groups is 2. The van der Waals surface area contributed by atoms with Crippen LogP contribution in [0.1, 0.15) is 26.2 Å². The zero-order valence-corrected chi connectivity index (χ0v) is 23.8. The van der Waals surface area contributed by atoms with E-state index >= 15 is 0 Å². The fourth-order valence-corrected chi connectivity index (χ4v) is 4.30. The molecule has 10 N–H and O–H groups in total. The van der Waals surface area contributed by atoms with Crippen molar-refractivity contribution in [3.8, 4) is 0 Å². The van der Waals surface area contributed by atoms with Crippen molar-refractivity contribution in [2.75, 3.05) is 24.7 Å². The van der Waals surface area contributed by atoms with Gasteiger partial charge in [-0.1, -0.05) is 0 Å². The SMILES string of the molecule is C[C@@H](O)[C@H](NC(=O)[C@H](CO)NC(=O)[C@H](CS)NC(=O)[C@@H](N)CC(=O)O)C(=O)N1CCC[C@H]1C(=O)N[C@@H](CS)C(=O)O. The lowest BCUT2D eigenvalue weighted by molar-refractivity contribution is -0.146. The molecule has 41 heavy (non-hydrogen) atoms. The van der Waals surface area contributed by atoms with Crippen LogP contribution in [0.15, 0.2) is 0 Å². The maximum Gasteiger partial charge on any atom is 0.327 e. The fourth-order valence-electron chi connectivity index (χ4n) is 3.80. The van der Waals surface area contributed by atoms with Gasteiger partial charge in [-0.15, -0.1) is 0 Å². The van der Waals surface area contributed by atoms with E-state index in [1.54, 1.807) is 0 Å². The number of aliphatic hydroxyl groups is 2. The first-order valence-electron chi connectivity index (χ1n) is 12.4. The lowest BCUT2D eigenvalue weighted by atomic mass is 10.1. The lowest BCUT2D eigenvalue weighted by Gasteiger charge is -2.31. The van der Waals surface area contributed by atoms with Crippen molar-refractivity contribution in [1.29, 1.82) is 0 Å². The largest absolute Gasteiger partial charge is 0.481 e. The molecule has 0 unspecified atom stereocenters. The van der Waals surface area contributed by atoms with Gasteiger partial charge in [-0.25, -0.2) is 4.79 Å². The summed E-state index contributed by atoms with van der Waals surface area (Å²) in [6.07, 6.45) is -1.63. The molecule has 0 saturated carbocycles. The van der Waals surface area contributed by atoms with Crippen molar-refractivity contribution in [3.05, 3.63) is 0 Å². The van der Waals surface area contributed by atoms with Crippen molar-refractivity contribution in [2.45, 2.75) is 68.5 Å². The number of nitrogens with zero attached hydrogens (tertiary/aromatic N) is 1. The van der Waals surface area contributed by atoms with Gasteiger partial charge in [0.1, 0.15) is 30.2 Å². The van der Waals surface area contributed by atoms with Crippen LogP contribution < -0.4 is 27.0 Å². The summed E-state index contributed by atoms with van der Waals surface area (Å²) in [5.74, 6) is -7.82. The number of amides is 5. The standard InChI is InChI=1S/C22H36N6O11S2/c1-9(30)16(21(37)28-4-2-3-14(28)20(36)26-13(8-41)22(38)39)27-18(34)11(6-29)24-19(35)12(7-40)25-17(33)10(23)5-15(31)32/h9-14,16,29-30,40-41H,2-8,23H2,1H3,(H,24,35)(H,25,33)(H,26,36)(H,27,34)(H,31,32)(H,38,39)/t9-,10+,11+,12+,13+,14+,16+/m1/s1. The summed E-state index contributed by atoms with van der Waals surface area (Å²) >= 11 is 7.83. The third kappa shape index (κ3) is 10.7. The molecule has 1 rings (SSSR count). The van der Waals surface area contributed by atoms with Crippen LogP contribution >= 0.6 is 25.3 Å². The summed E-state index contributed by atoms with van der Waals surface area (Å²) in [6.45, 7) is 0.302. The molecule has 0 bridgehead atoms. The highest BCUT2D eigenvalue weighted by atomic mass is 32.1. The Kier molecular flexibility index (Phi) is 14.9. The van der Waals surface area contributed by atoms with Crippen LogP contribution in [0.25, 0.3) is 0 Å². The second-order valence-corrected chi connectivity index (χ2v) is 9.92. The van der Waals surface area contributed by atoms with Gasteiger partial charge in [-0.3, -0.25) is 28.8 Å². The Bertz CT molecular complexity index is 1000. The summed E-state index contributed by atoms with van der Waals surface area (Å²) in [4.78, 5) is 86.6. The molecule has 0 aliphatic carbocycles. The van der Waals surface area contributed by atoms with Crippen molar-refractivity contribution < 1.29 is 54.0 Å². The minimum Gasteiger partial charge on any atom is -0.481 e. The highest BCUT2D eigenvalue weighted by Gasteiger charge is 2.41. The molecule has 1 fully saturated rings. The van der Waals surface area contributed by atoms with E-state index in [9.17, 15) is 43.8 Å². The molecule has 0 aromatic heterocycles. The molecule has 0 spiro atoms. The Hall–Kier alpha value is -3.13. The highest BCUT2D eigenvalue weighted by Crippen LogP contribution is 2.20. The number of aliphatic carboxylic acids is 2. The van der Waals surface area contributed by atoms with Crippen molar-refractivity contribution in [1.82, 2.24) is 26.2 Å². The molecule has 0 aromatic carbocycles. The number of nitrogens with one attached hydrogen (secondary N) is 4. The lowest BCUT2D eigenvalue weighted by Crippen LogP contribution is -2.62. The Balaban J connectivity index is 2.94. The van der Waals surface area contributed by atoms with Crippen LogP contribution in [-0.2, 0) is 33.6 Å².